The molecule has 3 aromatic carbocycles. The first-order valence-corrected chi connectivity index (χ1v) is 10.4. The van der Waals surface area contributed by atoms with Crippen LogP contribution in [0.1, 0.15) is 31.8 Å². The maximum atomic E-state index is 13.1. The van der Waals surface area contributed by atoms with Gasteiger partial charge in [0.2, 0.25) is 6.10 Å². The molecule has 0 fully saturated rings. The van der Waals surface area contributed by atoms with E-state index in [1.165, 1.54) is 0 Å². The molecular formula is C26H20N2O5. The van der Waals surface area contributed by atoms with E-state index >= 15 is 0 Å². The lowest BCUT2D eigenvalue weighted by Crippen LogP contribution is -2.49. The van der Waals surface area contributed by atoms with Gasteiger partial charge in [-0.3, -0.25) is 14.5 Å². The third-order valence-electron chi connectivity index (χ3n) is 5.34. The van der Waals surface area contributed by atoms with Gasteiger partial charge in [-0.2, -0.15) is 5.26 Å². The Labute approximate surface area is 190 Å². The van der Waals surface area contributed by atoms with Crippen molar-refractivity contribution in [2.75, 3.05) is 0 Å². The average molecular weight is 440 g/mol. The van der Waals surface area contributed by atoms with Gasteiger partial charge in [0, 0.05) is 0 Å². The standard InChI is InChI=1S/C26H20N2O5/c27-16-23(33-26(31)32-17-19-11-5-2-6-12-19)22(15-18-9-3-1-4-10-18)28-24(29)20-13-7-8-14-21(20)25(28)30/h1-14,22-23H,15,17H2/t22-,23-/m0/s1. The van der Waals surface area contributed by atoms with Crippen LogP contribution in [0.3, 0.4) is 0 Å². The molecule has 2 amide bonds. The topological polar surface area (TPSA) is 96.7 Å². The Hall–Kier alpha value is -4.44. The summed E-state index contributed by atoms with van der Waals surface area (Å²) in [6, 6.07) is 25.4. The molecule has 164 valence electrons. The predicted octanol–water partition coefficient (Wildman–Crippen LogP) is 4.14. The van der Waals surface area contributed by atoms with Crippen LogP contribution in [0, 0.1) is 11.3 Å². The number of hydrogen-bond acceptors (Lipinski definition) is 6. The Balaban J connectivity index is 1.57. The van der Waals surface area contributed by atoms with E-state index in [0.29, 0.717) is 0 Å². The van der Waals surface area contributed by atoms with Crippen molar-refractivity contribution in [3.63, 3.8) is 0 Å². The van der Waals surface area contributed by atoms with E-state index in [0.717, 1.165) is 16.0 Å². The van der Waals surface area contributed by atoms with Crippen LogP contribution in [0.5, 0.6) is 0 Å². The maximum absolute atomic E-state index is 13.1. The summed E-state index contributed by atoms with van der Waals surface area (Å²) in [5.41, 5.74) is 2.04. The quantitative estimate of drug-likeness (QED) is 0.405. The van der Waals surface area contributed by atoms with Crippen LogP contribution in [-0.2, 0) is 22.5 Å². The van der Waals surface area contributed by atoms with E-state index in [2.05, 4.69) is 0 Å². The number of fused-ring (bicyclic) bond motifs is 1. The fourth-order valence-corrected chi connectivity index (χ4v) is 3.74. The molecule has 1 heterocycles. The molecule has 0 spiro atoms. The summed E-state index contributed by atoms with van der Waals surface area (Å²) in [6.07, 6.45) is -2.34. The molecule has 7 nitrogen and oxygen atoms in total. The lowest BCUT2D eigenvalue weighted by molar-refractivity contribution is 0.00580. The molecule has 0 N–H and O–H groups in total. The second-order valence-electron chi connectivity index (χ2n) is 7.47. The molecule has 4 rings (SSSR count). The second-order valence-corrected chi connectivity index (χ2v) is 7.47. The number of carbonyl (C=O) groups excluding carboxylic acids is 3. The molecule has 1 aliphatic heterocycles. The van der Waals surface area contributed by atoms with E-state index in [-0.39, 0.29) is 24.2 Å². The fourth-order valence-electron chi connectivity index (χ4n) is 3.74. The van der Waals surface area contributed by atoms with Crippen molar-refractivity contribution in [2.24, 2.45) is 0 Å². The minimum Gasteiger partial charge on any atom is -0.429 e. The molecule has 0 aromatic heterocycles. The number of benzene rings is 3. The smallest absolute Gasteiger partial charge is 0.429 e. The third kappa shape index (κ3) is 4.75. The Morgan fingerprint density at radius 2 is 1.33 bits per heavy atom. The molecule has 0 unspecified atom stereocenters. The molecule has 7 heteroatoms. The van der Waals surface area contributed by atoms with Gasteiger partial charge in [0.1, 0.15) is 12.7 Å². The minimum atomic E-state index is -1.42. The zero-order valence-corrected chi connectivity index (χ0v) is 17.6. The summed E-state index contributed by atoms with van der Waals surface area (Å²) in [4.78, 5) is 39.5. The van der Waals surface area contributed by atoms with Crippen molar-refractivity contribution < 1.29 is 23.9 Å². The first-order valence-electron chi connectivity index (χ1n) is 10.4. The first kappa shape index (κ1) is 21.8. The minimum absolute atomic E-state index is 0.0335. The SMILES string of the molecule is N#C[C@H](OC(=O)OCc1ccccc1)[C@H](Cc1ccccc1)N1C(=O)c2ccccc2C1=O. The van der Waals surface area contributed by atoms with Crippen molar-refractivity contribution in [1.29, 1.82) is 5.26 Å². The Morgan fingerprint density at radius 3 is 1.88 bits per heavy atom. The van der Waals surface area contributed by atoms with Crippen molar-refractivity contribution in [1.82, 2.24) is 4.90 Å². The summed E-state index contributed by atoms with van der Waals surface area (Å²) in [6.45, 7) is -0.0335. The summed E-state index contributed by atoms with van der Waals surface area (Å²) < 4.78 is 10.4. The maximum Gasteiger partial charge on any atom is 0.510 e. The highest BCUT2D eigenvalue weighted by Crippen LogP contribution is 2.28. The Bertz CT molecular complexity index is 1170. The molecule has 0 bridgehead atoms. The number of nitrogens with zero attached hydrogens (tertiary/aromatic N) is 2. The number of ether oxygens (including phenoxy) is 2. The first-order chi connectivity index (χ1) is 16.1. The largest absolute Gasteiger partial charge is 0.510 e. The lowest BCUT2D eigenvalue weighted by atomic mass is 10.00. The fraction of sp³-hybridized carbons (Fsp3) is 0.154. The lowest BCUT2D eigenvalue weighted by Gasteiger charge is -2.29. The number of amides is 2. The molecule has 1 aliphatic rings. The number of rotatable bonds is 7. The van der Waals surface area contributed by atoms with Gasteiger partial charge in [0.15, 0.2) is 0 Å². The van der Waals surface area contributed by atoms with E-state index in [1.54, 1.807) is 48.5 Å². The molecular weight excluding hydrogens is 420 g/mol. The summed E-state index contributed by atoms with van der Waals surface area (Å²) in [5.74, 6) is -1.06. The average Bonchev–Trinajstić information content (AvgIpc) is 3.11. The van der Waals surface area contributed by atoms with Crippen LogP contribution in [0.4, 0.5) is 4.79 Å². The molecule has 0 saturated carbocycles. The predicted molar refractivity (Wildman–Crippen MR) is 118 cm³/mol. The zero-order chi connectivity index (χ0) is 23.2. The van der Waals surface area contributed by atoms with Gasteiger partial charge < -0.3 is 9.47 Å². The molecule has 3 aromatic rings. The van der Waals surface area contributed by atoms with Gasteiger partial charge in [-0.05, 0) is 29.7 Å². The van der Waals surface area contributed by atoms with Crippen molar-refractivity contribution >= 4 is 18.0 Å². The van der Waals surface area contributed by atoms with Gasteiger partial charge >= 0.3 is 6.16 Å². The van der Waals surface area contributed by atoms with Crippen LogP contribution >= 0.6 is 0 Å². The van der Waals surface area contributed by atoms with Gasteiger partial charge in [0.05, 0.1) is 17.2 Å². The van der Waals surface area contributed by atoms with Crippen molar-refractivity contribution in [3.05, 3.63) is 107 Å². The molecule has 0 radical (unpaired) electrons. The molecule has 0 aliphatic carbocycles. The molecule has 33 heavy (non-hydrogen) atoms. The van der Waals surface area contributed by atoms with Crippen LogP contribution in [0.15, 0.2) is 84.9 Å². The highest BCUT2D eigenvalue weighted by molar-refractivity contribution is 6.21. The second kappa shape index (κ2) is 9.79. The normalized spacial score (nSPS) is 14.2. The summed E-state index contributed by atoms with van der Waals surface area (Å²) in [7, 11) is 0. The molecule has 2 atom stereocenters. The number of hydrogen-bond donors (Lipinski definition) is 0. The van der Waals surface area contributed by atoms with Crippen LogP contribution in [0.2, 0.25) is 0 Å². The highest BCUT2D eigenvalue weighted by atomic mass is 16.7. The Morgan fingerprint density at radius 1 is 0.818 bits per heavy atom. The van der Waals surface area contributed by atoms with Crippen LogP contribution < -0.4 is 0 Å². The number of imide groups is 1. The van der Waals surface area contributed by atoms with Crippen LogP contribution in [-0.4, -0.2) is 35.0 Å². The third-order valence-corrected chi connectivity index (χ3v) is 5.34. The Kier molecular flexibility index (Phi) is 6.46. The van der Waals surface area contributed by atoms with Gasteiger partial charge in [-0.25, -0.2) is 4.79 Å². The van der Waals surface area contributed by atoms with E-state index in [4.69, 9.17) is 9.47 Å². The number of carbonyl (C=O) groups is 3. The van der Waals surface area contributed by atoms with Crippen LogP contribution in [0.25, 0.3) is 0 Å². The van der Waals surface area contributed by atoms with E-state index < -0.39 is 30.1 Å². The van der Waals surface area contributed by atoms with E-state index in [1.807, 2.05) is 42.5 Å². The van der Waals surface area contributed by atoms with Gasteiger partial charge in [0.25, 0.3) is 11.8 Å². The number of nitriles is 1. The van der Waals surface area contributed by atoms with Crippen molar-refractivity contribution in [3.8, 4) is 6.07 Å². The molecule has 0 saturated heterocycles. The monoisotopic (exact) mass is 440 g/mol. The van der Waals surface area contributed by atoms with Crippen molar-refractivity contribution in [2.45, 2.75) is 25.2 Å². The highest BCUT2D eigenvalue weighted by Gasteiger charge is 2.44. The van der Waals surface area contributed by atoms with Gasteiger partial charge in [-0.15, -0.1) is 0 Å². The van der Waals surface area contributed by atoms with E-state index in [9.17, 15) is 19.6 Å². The zero-order valence-electron chi connectivity index (χ0n) is 17.6. The summed E-state index contributed by atoms with van der Waals surface area (Å²) in [5, 5.41) is 9.83. The van der Waals surface area contributed by atoms with Gasteiger partial charge in [-0.1, -0.05) is 72.8 Å². The summed E-state index contributed by atoms with van der Waals surface area (Å²) >= 11 is 0.